The molecule has 15 heavy (non-hydrogen) atoms. The SMILES string of the molecule is COCCN1CCN(C(C)(C)CN)CC1. The summed E-state index contributed by atoms with van der Waals surface area (Å²) in [5.74, 6) is 0. The van der Waals surface area contributed by atoms with Gasteiger partial charge in [0.25, 0.3) is 0 Å². The van der Waals surface area contributed by atoms with Gasteiger partial charge < -0.3 is 10.5 Å². The van der Waals surface area contributed by atoms with Crippen LogP contribution in [-0.2, 0) is 4.74 Å². The van der Waals surface area contributed by atoms with Crippen molar-refractivity contribution in [2.45, 2.75) is 19.4 Å². The number of nitrogens with two attached hydrogens (primary N) is 1. The zero-order chi connectivity index (χ0) is 11.3. The lowest BCUT2D eigenvalue weighted by Gasteiger charge is -2.43. The van der Waals surface area contributed by atoms with Gasteiger partial charge in [0.05, 0.1) is 6.61 Å². The molecule has 1 saturated heterocycles. The second-order valence-electron chi connectivity index (χ2n) is 4.84. The molecule has 0 aromatic heterocycles. The van der Waals surface area contributed by atoms with Crippen LogP contribution in [0.1, 0.15) is 13.8 Å². The third kappa shape index (κ3) is 3.72. The molecule has 4 nitrogen and oxygen atoms in total. The molecule has 0 unspecified atom stereocenters. The third-order valence-electron chi connectivity index (χ3n) is 3.34. The fraction of sp³-hybridized carbons (Fsp3) is 1.00. The standard InChI is InChI=1S/C11H25N3O/c1-11(2,10-12)14-6-4-13(5-7-14)8-9-15-3/h4-10,12H2,1-3H3. The number of hydrogen-bond donors (Lipinski definition) is 1. The van der Waals surface area contributed by atoms with E-state index < -0.39 is 0 Å². The van der Waals surface area contributed by atoms with Crippen molar-refractivity contribution in [3.8, 4) is 0 Å². The zero-order valence-corrected chi connectivity index (χ0v) is 10.3. The van der Waals surface area contributed by atoms with Crippen molar-refractivity contribution in [2.75, 3.05) is 53.0 Å². The number of methoxy groups -OCH3 is 1. The average molecular weight is 215 g/mol. The fourth-order valence-corrected chi connectivity index (χ4v) is 1.93. The Bertz CT molecular complexity index is 177. The number of hydrogen-bond acceptors (Lipinski definition) is 4. The van der Waals surface area contributed by atoms with Gasteiger partial charge in [-0.05, 0) is 13.8 Å². The second kappa shape index (κ2) is 5.80. The lowest BCUT2D eigenvalue weighted by Crippen LogP contribution is -2.57. The van der Waals surface area contributed by atoms with Gasteiger partial charge in [-0.25, -0.2) is 0 Å². The van der Waals surface area contributed by atoms with Crippen molar-refractivity contribution in [2.24, 2.45) is 5.73 Å². The van der Waals surface area contributed by atoms with Gasteiger partial charge in [-0.15, -0.1) is 0 Å². The third-order valence-corrected chi connectivity index (χ3v) is 3.34. The Balaban J connectivity index is 2.29. The van der Waals surface area contributed by atoms with Gasteiger partial charge in [0.2, 0.25) is 0 Å². The van der Waals surface area contributed by atoms with E-state index in [-0.39, 0.29) is 5.54 Å². The molecule has 0 atom stereocenters. The first-order chi connectivity index (χ1) is 7.10. The summed E-state index contributed by atoms with van der Waals surface area (Å²) in [6, 6.07) is 0. The van der Waals surface area contributed by atoms with Gasteiger partial charge in [-0.3, -0.25) is 9.80 Å². The van der Waals surface area contributed by atoms with Gasteiger partial charge in [0.15, 0.2) is 0 Å². The minimum absolute atomic E-state index is 0.146. The highest BCUT2D eigenvalue weighted by Gasteiger charge is 2.28. The molecule has 0 amide bonds. The number of nitrogens with zero attached hydrogens (tertiary/aromatic N) is 2. The van der Waals surface area contributed by atoms with Crippen LogP contribution < -0.4 is 5.73 Å². The number of ether oxygens (including phenoxy) is 1. The molecule has 1 rings (SSSR count). The van der Waals surface area contributed by atoms with E-state index in [0.29, 0.717) is 0 Å². The summed E-state index contributed by atoms with van der Waals surface area (Å²) in [5.41, 5.74) is 5.92. The van der Waals surface area contributed by atoms with Crippen LogP contribution in [0.3, 0.4) is 0 Å². The highest BCUT2D eigenvalue weighted by Crippen LogP contribution is 2.15. The predicted octanol–water partition coefficient (Wildman–Crippen LogP) is -0.0123. The Labute approximate surface area is 93.4 Å². The van der Waals surface area contributed by atoms with Crippen LogP contribution in [0, 0.1) is 0 Å². The van der Waals surface area contributed by atoms with Gasteiger partial charge in [-0.2, -0.15) is 0 Å². The fourth-order valence-electron chi connectivity index (χ4n) is 1.93. The van der Waals surface area contributed by atoms with Crippen molar-refractivity contribution >= 4 is 0 Å². The maximum atomic E-state index is 5.78. The van der Waals surface area contributed by atoms with Crippen molar-refractivity contribution in [1.82, 2.24) is 9.80 Å². The molecule has 0 aromatic rings. The molecule has 0 radical (unpaired) electrons. The normalized spacial score (nSPS) is 20.8. The Morgan fingerprint density at radius 1 is 1.20 bits per heavy atom. The van der Waals surface area contributed by atoms with E-state index in [1.807, 2.05) is 0 Å². The van der Waals surface area contributed by atoms with Crippen molar-refractivity contribution < 1.29 is 4.74 Å². The quantitative estimate of drug-likeness (QED) is 0.700. The van der Waals surface area contributed by atoms with E-state index in [0.717, 1.165) is 45.9 Å². The maximum Gasteiger partial charge on any atom is 0.0589 e. The first-order valence-corrected chi connectivity index (χ1v) is 5.76. The van der Waals surface area contributed by atoms with Crippen molar-refractivity contribution in [1.29, 1.82) is 0 Å². The molecule has 4 heteroatoms. The van der Waals surface area contributed by atoms with Crippen LogP contribution in [0.5, 0.6) is 0 Å². The largest absolute Gasteiger partial charge is 0.383 e. The van der Waals surface area contributed by atoms with E-state index in [1.54, 1.807) is 7.11 Å². The van der Waals surface area contributed by atoms with Crippen LogP contribution in [0.2, 0.25) is 0 Å². The first-order valence-electron chi connectivity index (χ1n) is 5.76. The summed E-state index contributed by atoms with van der Waals surface area (Å²) in [6.07, 6.45) is 0. The number of rotatable bonds is 5. The predicted molar refractivity (Wildman–Crippen MR) is 63.0 cm³/mol. The lowest BCUT2D eigenvalue weighted by atomic mass is 10.0. The van der Waals surface area contributed by atoms with E-state index in [1.165, 1.54) is 0 Å². The molecule has 2 N–H and O–H groups in total. The molecule has 1 aliphatic rings. The lowest BCUT2D eigenvalue weighted by molar-refractivity contribution is 0.0451. The Kier molecular flexibility index (Phi) is 4.99. The molecule has 0 bridgehead atoms. The van der Waals surface area contributed by atoms with E-state index in [2.05, 4.69) is 23.6 Å². The van der Waals surface area contributed by atoms with Gasteiger partial charge in [0, 0.05) is 51.9 Å². The minimum atomic E-state index is 0.146. The molecule has 0 aromatic carbocycles. The van der Waals surface area contributed by atoms with Gasteiger partial charge >= 0.3 is 0 Å². The molecule has 1 fully saturated rings. The number of piperazine rings is 1. The van der Waals surface area contributed by atoms with Crippen LogP contribution in [0.15, 0.2) is 0 Å². The summed E-state index contributed by atoms with van der Waals surface area (Å²) in [4.78, 5) is 4.93. The molecular weight excluding hydrogens is 190 g/mol. The van der Waals surface area contributed by atoms with Gasteiger partial charge in [0.1, 0.15) is 0 Å². The van der Waals surface area contributed by atoms with Crippen LogP contribution in [-0.4, -0.2) is 68.3 Å². The van der Waals surface area contributed by atoms with Crippen molar-refractivity contribution in [3.05, 3.63) is 0 Å². The Hall–Kier alpha value is -0.160. The molecule has 0 saturated carbocycles. The summed E-state index contributed by atoms with van der Waals surface area (Å²) in [5, 5.41) is 0. The Morgan fingerprint density at radius 3 is 2.27 bits per heavy atom. The average Bonchev–Trinajstić information content (AvgIpc) is 2.27. The second-order valence-corrected chi connectivity index (χ2v) is 4.84. The molecule has 1 aliphatic heterocycles. The molecule has 0 aliphatic carbocycles. The van der Waals surface area contributed by atoms with E-state index in [4.69, 9.17) is 10.5 Å². The van der Waals surface area contributed by atoms with Gasteiger partial charge in [-0.1, -0.05) is 0 Å². The van der Waals surface area contributed by atoms with E-state index >= 15 is 0 Å². The maximum absolute atomic E-state index is 5.78. The molecule has 0 spiro atoms. The summed E-state index contributed by atoms with van der Waals surface area (Å²) >= 11 is 0. The summed E-state index contributed by atoms with van der Waals surface area (Å²) in [6.45, 7) is 11.6. The van der Waals surface area contributed by atoms with Crippen LogP contribution >= 0.6 is 0 Å². The van der Waals surface area contributed by atoms with Crippen LogP contribution in [0.25, 0.3) is 0 Å². The smallest absolute Gasteiger partial charge is 0.0589 e. The molecule has 1 heterocycles. The minimum Gasteiger partial charge on any atom is -0.383 e. The van der Waals surface area contributed by atoms with E-state index in [9.17, 15) is 0 Å². The van der Waals surface area contributed by atoms with Crippen LogP contribution in [0.4, 0.5) is 0 Å². The highest BCUT2D eigenvalue weighted by atomic mass is 16.5. The first kappa shape index (κ1) is 12.9. The monoisotopic (exact) mass is 215 g/mol. The van der Waals surface area contributed by atoms with Crippen molar-refractivity contribution in [3.63, 3.8) is 0 Å². The Morgan fingerprint density at radius 2 is 1.80 bits per heavy atom. The topological polar surface area (TPSA) is 41.7 Å². The highest BCUT2D eigenvalue weighted by molar-refractivity contribution is 4.86. The summed E-state index contributed by atoms with van der Waals surface area (Å²) < 4.78 is 5.08. The molecular formula is C11H25N3O. The molecule has 90 valence electrons. The summed E-state index contributed by atoms with van der Waals surface area (Å²) in [7, 11) is 1.76. The zero-order valence-electron chi connectivity index (χ0n) is 10.3.